The van der Waals surface area contributed by atoms with E-state index >= 15 is 0 Å². The van der Waals surface area contributed by atoms with Gasteiger partial charge in [0.15, 0.2) is 5.13 Å². The highest BCUT2D eigenvalue weighted by Crippen LogP contribution is 2.29. The van der Waals surface area contributed by atoms with Crippen molar-refractivity contribution in [2.24, 2.45) is 0 Å². The third-order valence-electron chi connectivity index (χ3n) is 4.31. The van der Waals surface area contributed by atoms with Crippen LogP contribution < -0.4 is 15.4 Å². The molecule has 3 aromatic rings. The molecule has 1 atom stereocenters. The predicted molar refractivity (Wildman–Crippen MR) is 116 cm³/mol. The van der Waals surface area contributed by atoms with Gasteiger partial charge in [0.2, 0.25) is 0 Å². The van der Waals surface area contributed by atoms with Crippen LogP contribution in [0.1, 0.15) is 5.56 Å². The third-order valence-corrected chi connectivity index (χ3v) is 6.79. The van der Waals surface area contributed by atoms with E-state index in [2.05, 4.69) is 20.3 Å². The summed E-state index contributed by atoms with van der Waals surface area (Å²) in [4.78, 5) is 3.26. The molecule has 0 radical (unpaired) electrons. The second-order valence-electron chi connectivity index (χ2n) is 6.40. The summed E-state index contributed by atoms with van der Waals surface area (Å²) >= 11 is 7.27. The first-order valence-electron chi connectivity index (χ1n) is 8.85. The van der Waals surface area contributed by atoms with Gasteiger partial charge in [-0.05, 0) is 43.3 Å². The van der Waals surface area contributed by atoms with Crippen molar-refractivity contribution in [3.8, 4) is 0 Å². The molecule has 3 N–H and O–H groups in total. The minimum absolute atomic E-state index is 0.0513. The number of nitrogens with one attached hydrogen (secondary N) is 3. The zero-order chi connectivity index (χ0) is 21.7. The molecule has 2 aromatic carbocycles. The number of anilines is 2. The topological polar surface area (TPSA) is 83.1 Å². The molecule has 0 aliphatic heterocycles. The molecule has 0 amide bonds. The SMILES string of the molecule is CN[C@H](CNc1cc(F)c(S(=O)(=O)Nc2nccs2)cc1Cl)Cc1ccc(F)cc1. The van der Waals surface area contributed by atoms with Crippen LogP contribution in [0.25, 0.3) is 0 Å². The van der Waals surface area contributed by atoms with Gasteiger partial charge >= 0.3 is 0 Å². The molecule has 11 heteroatoms. The molecule has 6 nitrogen and oxygen atoms in total. The lowest BCUT2D eigenvalue weighted by Crippen LogP contribution is -2.34. The van der Waals surface area contributed by atoms with Crippen LogP contribution >= 0.6 is 22.9 Å². The highest BCUT2D eigenvalue weighted by atomic mass is 35.5. The molecule has 1 heterocycles. The molecule has 0 spiro atoms. The monoisotopic (exact) mass is 472 g/mol. The summed E-state index contributed by atoms with van der Waals surface area (Å²) < 4.78 is 54.7. The number of hydrogen-bond donors (Lipinski definition) is 3. The van der Waals surface area contributed by atoms with Crippen molar-refractivity contribution in [2.45, 2.75) is 17.4 Å². The summed E-state index contributed by atoms with van der Waals surface area (Å²) in [6, 6.07) is 8.22. The van der Waals surface area contributed by atoms with Crippen molar-refractivity contribution in [3.05, 3.63) is 70.2 Å². The summed E-state index contributed by atoms with van der Waals surface area (Å²) in [7, 11) is -2.39. The molecule has 0 aliphatic carbocycles. The van der Waals surface area contributed by atoms with Crippen LogP contribution in [0, 0.1) is 11.6 Å². The molecular formula is C19H19ClF2N4O2S2. The van der Waals surface area contributed by atoms with Gasteiger partial charge in [-0.1, -0.05) is 23.7 Å². The van der Waals surface area contributed by atoms with E-state index in [0.29, 0.717) is 13.0 Å². The van der Waals surface area contributed by atoms with Gasteiger partial charge in [-0.15, -0.1) is 11.3 Å². The number of benzene rings is 2. The summed E-state index contributed by atoms with van der Waals surface area (Å²) in [5.41, 5.74) is 1.20. The highest BCUT2D eigenvalue weighted by Gasteiger charge is 2.22. The second-order valence-corrected chi connectivity index (χ2v) is 9.35. The van der Waals surface area contributed by atoms with Crippen molar-refractivity contribution in [1.82, 2.24) is 10.3 Å². The van der Waals surface area contributed by atoms with Gasteiger partial charge in [-0.2, -0.15) is 0 Å². The van der Waals surface area contributed by atoms with Gasteiger partial charge in [0.1, 0.15) is 16.5 Å². The molecule has 0 unspecified atom stereocenters. The summed E-state index contributed by atoms with van der Waals surface area (Å²) in [5.74, 6) is -1.25. The van der Waals surface area contributed by atoms with Gasteiger partial charge in [-0.25, -0.2) is 22.2 Å². The minimum Gasteiger partial charge on any atom is -0.382 e. The molecule has 0 aliphatic rings. The Morgan fingerprint density at radius 1 is 1.20 bits per heavy atom. The first-order valence-corrected chi connectivity index (χ1v) is 11.6. The Bertz CT molecular complexity index is 1090. The summed E-state index contributed by atoms with van der Waals surface area (Å²) in [6.45, 7) is 0.385. The van der Waals surface area contributed by atoms with Crippen molar-refractivity contribution in [3.63, 3.8) is 0 Å². The maximum Gasteiger partial charge on any atom is 0.266 e. The number of nitrogens with zero attached hydrogens (tertiary/aromatic N) is 1. The Balaban J connectivity index is 1.70. The molecule has 160 valence electrons. The zero-order valence-electron chi connectivity index (χ0n) is 15.8. The van der Waals surface area contributed by atoms with E-state index < -0.39 is 20.7 Å². The number of rotatable bonds is 9. The molecule has 0 fully saturated rings. The molecule has 3 rings (SSSR count). The smallest absolute Gasteiger partial charge is 0.266 e. The standard InChI is InChI=1S/C19H19ClF2N4O2S2/c1-23-14(8-12-2-4-13(21)5-3-12)11-25-17-10-16(22)18(9-15(17)20)30(27,28)26-19-24-6-7-29-19/h2-7,9-10,14,23,25H,8,11H2,1H3,(H,24,26)/t14-/m0/s1. The third kappa shape index (κ3) is 5.66. The zero-order valence-corrected chi connectivity index (χ0v) is 18.2. The predicted octanol–water partition coefficient (Wildman–Crippen LogP) is 4.12. The van der Waals surface area contributed by atoms with Gasteiger partial charge in [0.05, 0.1) is 10.7 Å². The number of aromatic nitrogens is 1. The van der Waals surface area contributed by atoms with E-state index in [1.54, 1.807) is 24.6 Å². The van der Waals surface area contributed by atoms with Crippen LogP contribution in [0.2, 0.25) is 5.02 Å². The molecule has 0 saturated carbocycles. The van der Waals surface area contributed by atoms with Crippen molar-refractivity contribution in [2.75, 3.05) is 23.6 Å². The Morgan fingerprint density at radius 3 is 2.57 bits per heavy atom. The van der Waals surface area contributed by atoms with Gasteiger partial charge < -0.3 is 10.6 Å². The lowest BCUT2D eigenvalue weighted by Gasteiger charge is -2.19. The fourth-order valence-corrected chi connectivity index (χ4v) is 4.90. The summed E-state index contributed by atoms with van der Waals surface area (Å²) in [5, 5.41) is 7.94. The molecular weight excluding hydrogens is 454 g/mol. The van der Waals surface area contributed by atoms with Gasteiger partial charge in [0, 0.05) is 24.2 Å². The van der Waals surface area contributed by atoms with E-state index in [-0.39, 0.29) is 27.7 Å². The Hall–Kier alpha value is -2.27. The maximum atomic E-state index is 14.6. The van der Waals surface area contributed by atoms with Gasteiger partial charge in [-0.3, -0.25) is 4.72 Å². The molecule has 0 saturated heterocycles. The Labute approximate surface area is 182 Å². The second kappa shape index (κ2) is 9.69. The first kappa shape index (κ1) is 22.4. The summed E-state index contributed by atoms with van der Waals surface area (Å²) in [6.07, 6.45) is 2.04. The van der Waals surface area contributed by atoms with Crippen LogP contribution in [0.15, 0.2) is 52.9 Å². The molecule has 1 aromatic heterocycles. The Morgan fingerprint density at radius 2 is 1.93 bits per heavy atom. The van der Waals surface area contributed by atoms with Crippen LogP contribution in [0.3, 0.4) is 0 Å². The number of likely N-dealkylation sites (N-methyl/N-ethyl adjacent to an activating group) is 1. The van der Waals surface area contributed by atoms with Crippen molar-refractivity contribution < 1.29 is 17.2 Å². The van der Waals surface area contributed by atoms with Crippen LogP contribution in [0.4, 0.5) is 19.6 Å². The van der Waals surface area contributed by atoms with E-state index in [1.165, 1.54) is 18.3 Å². The Kier molecular flexibility index (Phi) is 7.24. The molecule has 0 bridgehead atoms. The van der Waals surface area contributed by atoms with Crippen LogP contribution in [0.5, 0.6) is 0 Å². The molecule has 30 heavy (non-hydrogen) atoms. The quantitative estimate of drug-likeness (QED) is 0.436. The fourth-order valence-electron chi connectivity index (χ4n) is 2.73. The number of sulfonamides is 1. The van der Waals surface area contributed by atoms with E-state index in [0.717, 1.165) is 29.0 Å². The first-order chi connectivity index (χ1) is 14.3. The van der Waals surface area contributed by atoms with E-state index in [9.17, 15) is 17.2 Å². The minimum atomic E-state index is -4.17. The number of thiazole rings is 1. The maximum absolute atomic E-state index is 14.6. The lowest BCUT2D eigenvalue weighted by molar-refractivity contribution is 0.568. The van der Waals surface area contributed by atoms with E-state index in [1.807, 2.05) is 0 Å². The normalized spacial score (nSPS) is 12.5. The van der Waals surface area contributed by atoms with Crippen molar-refractivity contribution in [1.29, 1.82) is 0 Å². The van der Waals surface area contributed by atoms with Crippen LogP contribution in [-0.4, -0.2) is 33.0 Å². The fraction of sp³-hybridized carbons (Fsp3) is 0.211. The van der Waals surface area contributed by atoms with Crippen molar-refractivity contribution >= 4 is 43.8 Å². The van der Waals surface area contributed by atoms with Gasteiger partial charge in [0.25, 0.3) is 10.0 Å². The average molecular weight is 473 g/mol. The largest absolute Gasteiger partial charge is 0.382 e. The number of halogens is 3. The average Bonchev–Trinajstić information content (AvgIpc) is 3.20. The van der Waals surface area contributed by atoms with Crippen LogP contribution in [-0.2, 0) is 16.4 Å². The highest BCUT2D eigenvalue weighted by molar-refractivity contribution is 7.93. The number of hydrogen-bond acceptors (Lipinski definition) is 6. The lowest BCUT2D eigenvalue weighted by atomic mass is 10.1. The van der Waals surface area contributed by atoms with E-state index in [4.69, 9.17) is 11.6 Å².